The van der Waals surface area contributed by atoms with E-state index in [4.69, 9.17) is 5.11 Å². The number of hydrogen-bond acceptors (Lipinski definition) is 6. The molecule has 0 atom stereocenters. The highest BCUT2D eigenvalue weighted by molar-refractivity contribution is 7.99. The summed E-state index contributed by atoms with van der Waals surface area (Å²) in [5.74, 6) is 0.717. The van der Waals surface area contributed by atoms with Crippen LogP contribution >= 0.6 is 23.1 Å². The maximum atomic E-state index is 8.90. The van der Waals surface area contributed by atoms with Gasteiger partial charge in [0.25, 0.3) is 0 Å². The first-order chi connectivity index (χ1) is 9.63. The molecule has 1 aromatic heterocycles. The molecule has 4 nitrogen and oxygen atoms in total. The lowest BCUT2D eigenvalue weighted by molar-refractivity contribution is 0.322. The minimum Gasteiger partial charge on any atom is -0.396 e. The third-order valence-corrected chi connectivity index (χ3v) is 4.74. The number of nitrogens with one attached hydrogen (secondary N) is 1. The maximum Gasteiger partial charge on any atom is 0.204 e. The molecule has 0 amide bonds. The Bertz CT molecular complexity index is 622. The third-order valence-electron chi connectivity index (χ3n) is 2.87. The van der Waals surface area contributed by atoms with E-state index in [9.17, 15) is 0 Å². The van der Waals surface area contributed by atoms with Gasteiger partial charge in [-0.1, -0.05) is 18.3 Å². The molecule has 0 radical (unpaired) electrons. The Labute approximate surface area is 127 Å². The number of aryl methyl sites for hydroxylation is 1. The van der Waals surface area contributed by atoms with Gasteiger partial charge in [0.15, 0.2) is 0 Å². The van der Waals surface area contributed by atoms with Crippen molar-refractivity contribution >= 4 is 44.2 Å². The Morgan fingerprint density at radius 3 is 3.00 bits per heavy atom. The normalized spacial score (nSPS) is 12.1. The van der Waals surface area contributed by atoms with Crippen molar-refractivity contribution in [1.29, 1.82) is 0 Å². The molecule has 2 N–H and O–H groups in total. The number of nitrogens with zero attached hydrogens (tertiary/aromatic N) is 2. The van der Waals surface area contributed by atoms with Crippen LogP contribution in [0.15, 0.2) is 22.1 Å². The fourth-order valence-corrected chi connectivity index (χ4v) is 3.47. The number of hydrazone groups is 1. The van der Waals surface area contributed by atoms with Crippen molar-refractivity contribution in [2.75, 3.05) is 17.8 Å². The van der Waals surface area contributed by atoms with Crippen LogP contribution in [0.1, 0.15) is 25.8 Å². The van der Waals surface area contributed by atoms with Crippen molar-refractivity contribution in [2.45, 2.75) is 32.1 Å². The van der Waals surface area contributed by atoms with Crippen LogP contribution in [0.25, 0.3) is 10.2 Å². The van der Waals surface area contributed by atoms with Crippen molar-refractivity contribution in [3.63, 3.8) is 0 Å². The van der Waals surface area contributed by atoms with Gasteiger partial charge >= 0.3 is 0 Å². The molecule has 0 aliphatic carbocycles. The van der Waals surface area contributed by atoms with Crippen LogP contribution in [0.5, 0.6) is 0 Å². The molecule has 108 valence electrons. The summed E-state index contributed by atoms with van der Waals surface area (Å²) in [6, 6.07) is 4.24. The van der Waals surface area contributed by atoms with Gasteiger partial charge in [-0.15, -0.1) is 11.8 Å². The molecule has 0 fully saturated rings. The molecular formula is C14H19N3OS2. The molecule has 0 unspecified atom stereocenters. The van der Waals surface area contributed by atoms with Gasteiger partial charge in [0.05, 0.1) is 16.8 Å². The van der Waals surface area contributed by atoms with Crippen LogP contribution in [0, 0.1) is 6.92 Å². The lowest BCUT2D eigenvalue weighted by atomic mass is 10.2. The lowest BCUT2D eigenvalue weighted by Crippen LogP contribution is -1.94. The third kappa shape index (κ3) is 3.71. The summed E-state index contributed by atoms with van der Waals surface area (Å²) in [6.07, 6.45) is 0.929. The predicted molar refractivity (Wildman–Crippen MR) is 89.2 cm³/mol. The van der Waals surface area contributed by atoms with Crippen LogP contribution in [0.2, 0.25) is 0 Å². The van der Waals surface area contributed by atoms with Crippen LogP contribution in [-0.2, 0) is 0 Å². The number of fused-ring (bicyclic) bond motifs is 1. The van der Waals surface area contributed by atoms with Gasteiger partial charge in [0.2, 0.25) is 5.13 Å². The van der Waals surface area contributed by atoms with Crippen molar-refractivity contribution < 1.29 is 5.11 Å². The second-order valence-electron chi connectivity index (χ2n) is 4.49. The van der Waals surface area contributed by atoms with Crippen molar-refractivity contribution in [3.8, 4) is 0 Å². The zero-order valence-corrected chi connectivity index (χ0v) is 13.6. The first kappa shape index (κ1) is 15.3. The van der Waals surface area contributed by atoms with Gasteiger partial charge in [0, 0.05) is 16.4 Å². The fourth-order valence-electron chi connectivity index (χ4n) is 1.68. The van der Waals surface area contributed by atoms with Crippen LogP contribution in [0.3, 0.4) is 0 Å². The van der Waals surface area contributed by atoms with E-state index in [-0.39, 0.29) is 6.61 Å². The minimum atomic E-state index is 0.197. The Morgan fingerprint density at radius 1 is 1.50 bits per heavy atom. The Balaban J connectivity index is 2.26. The average Bonchev–Trinajstić information content (AvgIpc) is 2.86. The van der Waals surface area contributed by atoms with Crippen LogP contribution in [-0.4, -0.2) is 28.2 Å². The summed E-state index contributed by atoms with van der Waals surface area (Å²) in [6.45, 7) is 6.33. The van der Waals surface area contributed by atoms with E-state index in [1.165, 1.54) is 4.90 Å². The van der Waals surface area contributed by atoms with Gasteiger partial charge in [-0.2, -0.15) is 5.10 Å². The Kier molecular flexibility index (Phi) is 5.39. The quantitative estimate of drug-likeness (QED) is 0.483. The molecule has 0 spiro atoms. The molecule has 0 aliphatic heterocycles. The molecule has 0 saturated carbocycles. The number of aromatic nitrogens is 1. The first-order valence-electron chi connectivity index (χ1n) is 6.58. The highest BCUT2D eigenvalue weighted by Gasteiger charge is 2.08. The van der Waals surface area contributed by atoms with Gasteiger partial charge < -0.3 is 5.11 Å². The minimum absolute atomic E-state index is 0.197. The zero-order chi connectivity index (χ0) is 14.5. The molecule has 2 aromatic rings. The molecule has 0 saturated heterocycles. The van der Waals surface area contributed by atoms with Crippen LogP contribution in [0.4, 0.5) is 5.13 Å². The summed E-state index contributed by atoms with van der Waals surface area (Å²) in [7, 11) is 0. The monoisotopic (exact) mass is 309 g/mol. The number of hydrogen-bond donors (Lipinski definition) is 2. The highest BCUT2D eigenvalue weighted by Crippen LogP contribution is 2.32. The molecule has 0 bridgehead atoms. The fraction of sp³-hybridized carbons (Fsp3) is 0.429. The van der Waals surface area contributed by atoms with E-state index in [0.29, 0.717) is 0 Å². The summed E-state index contributed by atoms with van der Waals surface area (Å²) in [4.78, 5) is 5.76. The first-order valence-corrected chi connectivity index (χ1v) is 8.38. The number of aliphatic hydroxyl groups excluding tert-OH is 1. The standard InChI is InChI=1S/C14H19N3OS2/c1-4-10(3)16-17-14-15-13-9(2)7-11(19-6-5-18)8-12(13)20-14/h7-8,18H,4-6H2,1-3H3,(H,15,17)/b16-10-. The maximum absolute atomic E-state index is 8.90. The number of thiazole rings is 1. The second kappa shape index (κ2) is 7.06. The smallest absolute Gasteiger partial charge is 0.204 e. The lowest BCUT2D eigenvalue weighted by Gasteiger charge is -2.01. The molecule has 6 heteroatoms. The van der Waals surface area contributed by atoms with Gasteiger partial charge in [-0.25, -0.2) is 4.98 Å². The van der Waals surface area contributed by atoms with Gasteiger partial charge in [-0.3, -0.25) is 5.43 Å². The van der Waals surface area contributed by atoms with Crippen molar-refractivity contribution in [1.82, 2.24) is 4.98 Å². The summed E-state index contributed by atoms with van der Waals surface area (Å²) in [5, 5.41) is 14.0. The Morgan fingerprint density at radius 2 is 2.30 bits per heavy atom. The zero-order valence-electron chi connectivity index (χ0n) is 11.9. The van der Waals surface area contributed by atoms with Crippen molar-refractivity contribution in [2.24, 2.45) is 5.10 Å². The predicted octanol–water partition coefficient (Wildman–Crippen LogP) is 3.89. The second-order valence-corrected chi connectivity index (χ2v) is 6.69. The number of anilines is 1. The van der Waals surface area contributed by atoms with Crippen LogP contribution < -0.4 is 5.43 Å². The van der Waals surface area contributed by atoms with Gasteiger partial charge in [-0.05, 0) is 38.0 Å². The van der Waals surface area contributed by atoms with Crippen molar-refractivity contribution in [3.05, 3.63) is 17.7 Å². The van der Waals surface area contributed by atoms with E-state index in [1.807, 2.05) is 6.92 Å². The largest absolute Gasteiger partial charge is 0.396 e. The Hall–Kier alpha value is -1.11. The topological polar surface area (TPSA) is 57.5 Å². The number of thioether (sulfide) groups is 1. The number of benzene rings is 1. The van der Waals surface area contributed by atoms with E-state index in [1.54, 1.807) is 23.1 Å². The summed E-state index contributed by atoms with van der Waals surface area (Å²) >= 11 is 3.27. The summed E-state index contributed by atoms with van der Waals surface area (Å²) < 4.78 is 1.15. The van der Waals surface area contributed by atoms with E-state index in [0.717, 1.165) is 38.8 Å². The molecule has 20 heavy (non-hydrogen) atoms. The van der Waals surface area contributed by atoms with E-state index in [2.05, 4.69) is 41.5 Å². The number of rotatable bonds is 6. The summed E-state index contributed by atoms with van der Waals surface area (Å²) in [5.41, 5.74) is 6.26. The molecule has 1 aromatic carbocycles. The highest BCUT2D eigenvalue weighted by atomic mass is 32.2. The van der Waals surface area contributed by atoms with E-state index < -0.39 is 0 Å². The average molecular weight is 309 g/mol. The molecule has 2 rings (SSSR count). The van der Waals surface area contributed by atoms with E-state index >= 15 is 0 Å². The molecular weight excluding hydrogens is 290 g/mol. The number of aliphatic hydroxyl groups is 1. The van der Waals surface area contributed by atoms with Gasteiger partial charge in [0.1, 0.15) is 0 Å². The molecule has 0 aliphatic rings. The molecule has 1 heterocycles. The SMILES string of the molecule is CC/C(C)=N\Nc1nc2c(C)cc(SCCO)cc2s1.